The smallest absolute Gasteiger partial charge is 0.410 e. The number of hydrogen-bond donors (Lipinski definition) is 2. The lowest BCUT2D eigenvalue weighted by atomic mass is 9.91. The second-order valence-electron chi connectivity index (χ2n) is 11.1. The maximum Gasteiger partial charge on any atom is 0.410 e. The Morgan fingerprint density at radius 3 is 2.29 bits per heavy atom. The van der Waals surface area contributed by atoms with Crippen LogP contribution in [0, 0.1) is 10.1 Å². The Hall–Kier alpha value is -4.87. The molecule has 2 N–H and O–H groups in total. The number of carbonyl (C=O) groups excluding carboxylic acids is 3. The molecule has 2 heterocycles. The lowest BCUT2D eigenvalue weighted by Gasteiger charge is -2.37. The minimum atomic E-state index is -0.651. The maximum atomic E-state index is 13.6. The van der Waals surface area contributed by atoms with Crippen LogP contribution in [0.4, 0.5) is 16.2 Å². The van der Waals surface area contributed by atoms with E-state index in [0.717, 1.165) is 4.90 Å². The summed E-state index contributed by atoms with van der Waals surface area (Å²) in [6, 6.07) is 10.4. The number of ether oxygens (including phenoxy) is 1. The highest BCUT2D eigenvalue weighted by atomic mass is 16.6. The van der Waals surface area contributed by atoms with Gasteiger partial charge in [0.05, 0.1) is 10.5 Å². The number of aromatic hydroxyl groups is 2. The summed E-state index contributed by atoms with van der Waals surface area (Å²) >= 11 is 0. The number of phenolic OH excluding ortho intramolecular Hbond substituents is 2. The van der Waals surface area contributed by atoms with E-state index < -0.39 is 28.4 Å². The summed E-state index contributed by atoms with van der Waals surface area (Å²) in [5, 5.41) is 32.4. The summed E-state index contributed by atoms with van der Waals surface area (Å²) in [6.07, 6.45) is -0.249. The van der Waals surface area contributed by atoms with E-state index >= 15 is 0 Å². The van der Waals surface area contributed by atoms with Gasteiger partial charge in [0.1, 0.15) is 11.3 Å². The molecule has 1 saturated heterocycles. The number of carbonyl (C=O) groups is 3. The summed E-state index contributed by atoms with van der Waals surface area (Å²) in [5.41, 5.74) is 0.300. The Kier molecular flexibility index (Phi) is 6.93. The largest absolute Gasteiger partial charge is 0.504 e. The van der Waals surface area contributed by atoms with Crippen molar-refractivity contribution in [3.05, 3.63) is 69.3 Å². The SMILES string of the molecule is CC(C)(C)OC(=O)N1CCN(c2c([N+](=O)[O-])cc3c4c(cccc24)C(=O)N(CCc2ccc(O)c(O)c2)C3=O)CC1. The van der Waals surface area contributed by atoms with Crippen LogP contribution in [0.15, 0.2) is 42.5 Å². The van der Waals surface area contributed by atoms with Crippen LogP contribution in [0.2, 0.25) is 0 Å². The monoisotopic (exact) mass is 562 g/mol. The molecule has 3 aromatic carbocycles. The molecule has 0 unspecified atom stereocenters. The number of nitrogens with zero attached hydrogens (tertiary/aromatic N) is 4. The van der Waals surface area contributed by atoms with Crippen molar-refractivity contribution in [3.8, 4) is 11.5 Å². The number of rotatable bonds is 5. The van der Waals surface area contributed by atoms with Gasteiger partial charge >= 0.3 is 6.09 Å². The molecule has 0 aromatic heterocycles. The molecule has 0 bridgehead atoms. The molecule has 3 amide bonds. The highest BCUT2D eigenvalue weighted by molar-refractivity contribution is 6.27. The molecular formula is C29H30N4O8. The Balaban J connectivity index is 1.47. The third-order valence-corrected chi connectivity index (χ3v) is 7.17. The Labute approximate surface area is 235 Å². The highest BCUT2D eigenvalue weighted by Crippen LogP contribution is 2.42. The molecule has 2 aliphatic heterocycles. The van der Waals surface area contributed by atoms with Gasteiger partial charge in [0, 0.05) is 55.1 Å². The molecule has 12 heteroatoms. The normalized spacial score (nSPS) is 15.4. The number of nitro groups is 1. The number of benzene rings is 3. The number of anilines is 1. The van der Waals surface area contributed by atoms with E-state index in [9.17, 15) is 34.7 Å². The van der Waals surface area contributed by atoms with Gasteiger partial charge in [-0.1, -0.05) is 18.2 Å². The molecule has 12 nitrogen and oxygen atoms in total. The quantitative estimate of drug-likeness (QED) is 0.203. The van der Waals surface area contributed by atoms with Gasteiger partial charge in [0.15, 0.2) is 11.5 Å². The summed E-state index contributed by atoms with van der Waals surface area (Å²) in [7, 11) is 0. The number of nitro benzene ring substituents is 1. The third kappa shape index (κ3) is 5.20. The van der Waals surface area contributed by atoms with Gasteiger partial charge in [-0.25, -0.2) is 4.79 Å². The van der Waals surface area contributed by atoms with E-state index in [1.807, 2.05) is 0 Å². The first kappa shape index (κ1) is 27.7. The molecule has 0 aliphatic carbocycles. The number of amides is 3. The third-order valence-electron chi connectivity index (χ3n) is 7.17. The fourth-order valence-electron chi connectivity index (χ4n) is 5.26. The number of hydrogen-bond acceptors (Lipinski definition) is 9. The Morgan fingerprint density at radius 2 is 1.66 bits per heavy atom. The van der Waals surface area contributed by atoms with E-state index in [1.165, 1.54) is 18.2 Å². The number of piperazine rings is 1. The summed E-state index contributed by atoms with van der Waals surface area (Å²) in [5.74, 6) is -1.77. The van der Waals surface area contributed by atoms with Crippen LogP contribution in [0.25, 0.3) is 10.8 Å². The fourth-order valence-corrected chi connectivity index (χ4v) is 5.26. The predicted molar refractivity (Wildman–Crippen MR) is 149 cm³/mol. The van der Waals surface area contributed by atoms with Gasteiger partial charge in [-0.05, 0) is 51.0 Å². The molecule has 41 heavy (non-hydrogen) atoms. The first-order chi connectivity index (χ1) is 19.4. The maximum absolute atomic E-state index is 13.6. The van der Waals surface area contributed by atoms with Gasteiger partial charge in [0.2, 0.25) is 0 Å². The van der Waals surface area contributed by atoms with E-state index in [4.69, 9.17) is 4.74 Å². The summed E-state index contributed by atoms with van der Waals surface area (Å²) < 4.78 is 5.45. The van der Waals surface area contributed by atoms with Crippen molar-refractivity contribution in [3.63, 3.8) is 0 Å². The Bertz CT molecular complexity index is 1590. The van der Waals surface area contributed by atoms with Crippen molar-refractivity contribution in [1.82, 2.24) is 9.80 Å². The standard InChI is InChI=1S/C29H30N4O8/c1-29(2,3)41-28(38)31-13-11-30(12-14-31)25-18-5-4-6-19-24(18)20(16-21(25)33(39)40)27(37)32(26(19)36)10-9-17-7-8-22(34)23(35)15-17/h4-8,15-16,34-35H,9-14H2,1-3H3. The van der Waals surface area contributed by atoms with Crippen molar-refractivity contribution in [2.75, 3.05) is 37.6 Å². The van der Waals surface area contributed by atoms with Crippen LogP contribution in [-0.4, -0.2) is 81.2 Å². The van der Waals surface area contributed by atoms with Crippen molar-refractivity contribution in [2.24, 2.45) is 0 Å². The van der Waals surface area contributed by atoms with Crippen LogP contribution in [0.5, 0.6) is 11.5 Å². The van der Waals surface area contributed by atoms with E-state index in [2.05, 4.69) is 0 Å². The Morgan fingerprint density at radius 1 is 0.976 bits per heavy atom. The second kappa shape index (κ2) is 10.3. The van der Waals surface area contributed by atoms with Crippen LogP contribution >= 0.6 is 0 Å². The van der Waals surface area contributed by atoms with Crippen LogP contribution in [0.1, 0.15) is 47.1 Å². The lowest BCUT2D eigenvalue weighted by Crippen LogP contribution is -2.50. The van der Waals surface area contributed by atoms with E-state index in [1.54, 1.807) is 54.8 Å². The summed E-state index contributed by atoms with van der Waals surface area (Å²) in [6.45, 7) is 6.48. The zero-order chi connectivity index (χ0) is 29.6. The van der Waals surface area contributed by atoms with Crippen molar-refractivity contribution >= 4 is 40.1 Å². The highest BCUT2D eigenvalue weighted by Gasteiger charge is 2.38. The lowest BCUT2D eigenvalue weighted by molar-refractivity contribution is -0.384. The molecule has 2 aliphatic rings. The minimum Gasteiger partial charge on any atom is -0.504 e. The topological polar surface area (TPSA) is 154 Å². The number of phenols is 2. The molecule has 3 aromatic rings. The number of imide groups is 1. The molecule has 0 radical (unpaired) electrons. The van der Waals surface area contributed by atoms with E-state index in [-0.39, 0.29) is 54.4 Å². The predicted octanol–water partition coefficient (Wildman–Crippen LogP) is 4.06. The fraction of sp³-hybridized carbons (Fsp3) is 0.345. The van der Waals surface area contributed by atoms with E-state index in [0.29, 0.717) is 35.1 Å². The molecule has 214 valence electrons. The van der Waals surface area contributed by atoms with Crippen molar-refractivity contribution < 1.29 is 34.3 Å². The average molecular weight is 563 g/mol. The zero-order valence-corrected chi connectivity index (χ0v) is 22.9. The van der Waals surface area contributed by atoms with Crippen LogP contribution in [-0.2, 0) is 11.2 Å². The molecule has 0 atom stereocenters. The zero-order valence-electron chi connectivity index (χ0n) is 22.9. The van der Waals surface area contributed by atoms with Crippen LogP contribution < -0.4 is 4.90 Å². The minimum absolute atomic E-state index is 0.0279. The first-order valence-electron chi connectivity index (χ1n) is 13.2. The average Bonchev–Trinajstić information content (AvgIpc) is 2.92. The van der Waals surface area contributed by atoms with Gasteiger partial charge in [0.25, 0.3) is 17.5 Å². The van der Waals surface area contributed by atoms with Gasteiger partial charge in [-0.2, -0.15) is 0 Å². The van der Waals surface area contributed by atoms with Crippen molar-refractivity contribution in [2.45, 2.75) is 32.8 Å². The van der Waals surface area contributed by atoms with Crippen LogP contribution in [0.3, 0.4) is 0 Å². The molecular weight excluding hydrogens is 532 g/mol. The van der Waals surface area contributed by atoms with Crippen molar-refractivity contribution in [1.29, 1.82) is 0 Å². The van der Waals surface area contributed by atoms with Gasteiger partial charge in [-0.15, -0.1) is 0 Å². The molecule has 0 saturated carbocycles. The molecule has 1 fully saturated rings. The molecule has 5 rings (SSSR count). The van der Waals surface area contributed by atoms with Gasteiger partial charge < -0.3 is 24.7 Å². The summed E-state index contributed by atoms with van der Waals surface area (Å²) in [4.78, 5) is 55.8. The second-order valence-corrected chi connectivity index (χ2v) is 11.1. The van der Waals surface area contributed by atoms with Gasteiger partial charge in [-0.3, -0.25) is 24.6 Å². The first-order valence-corrected chi connectivity index (χ1v) is 13.2. The molecule has 0 spiro atoms.